The van der Waals surface area contributed by atoms with E-state index in [0.29, 0.717) is 36.0 Å². The molecular formula is C32H35ClINO4. The Hall–Kier alpha value is -2.32. The molecule has 0 saturated carbocycles. The minimum Gasteiger partial charge on any atom is -0.493 e. The van der Waals surface area contributed by atoms with Crippen LogP contribution in [0.3, 0.4) is 0 Å². The number of allylic oxidation sites excluding steroid dienone is 4. The van der Waals surface area contributed by atoms with Gasteiger partial charge in [-0.2, -0.15) is 0 Å². The topological polar surface area (TPSA) is 55.8 Å². The second-order valence-corrected chi connectivity index (χ2v) is 14.1. The van der Waals surface area contributed by atoms with Crippen LogP contribution in [0.1, 0.15) is 70.4 Å². The molecule has 0 spiro atoms. The summed E-state index contributed by atoms with van der Waals surface area (Å²) in [5, 5.41) is 0.657. The monoisotopic (exact) mass is 659 g/mol. The quantitative estimate of drug-likeness (QED) is 0.306. The summed E-state index contributed by atoms with van der Waals surface area (Å²) in [6.45, 7) is 8.93. The van der Waals surface area contributed by atoms with Gasteiger partial charge in [-0.15, -0.1) is 0 Å². The Bertz CT molecular complexity index is 1380. The van der Waals surface area contributed by atoms with Crippen LogP contribution in [0.5, 0.6) is 11.5 Å². The highest BCUT2D eigenvalue weighted by atomic mass is 127. The van der Waals surface area contributed by atoms with Crippen molar-refractivity contribution in [3.63, 3.8) is 0 Å². The highest BCUT2D eigenvalue weighted by Gasteiger charge is 2.48. The first-order chi connectivity index (χ1) is 18.3. The number of nitrogens with zero attached hydrogens (tertiary/aromatic N) is 1. The van der Waals surface area contributed by atoms with E-state index in [4.69, 9.17) is 21.1 Å². The number of methoxy groups -OCH3 is 1. The summed E-state index contributed by atoms with van der Waals surface area (Å²) in [5.74, 6) is 1.04. The number of hydrogen-bond donors (Lipinski definition) is 0. The third-order valence-electron chi connectivity index (χ3n) is 8.04. The normalized spacial score (nSPS) is 20.7. The predicted molar refractivity (Wildman–Crippen MR) is 162 cm³/mol. The largest absolute Gasteiger partial charge is 0.493 e. The van der Waals surface area contributed by atoms with E-state index in [0.717, 1.165) is 50.1 Å². The lowest BCUT2D eigenvalue weighted by atomic mass is 9.64. The van der Waals surface area contributed by atoms with E-state index in [-0.39, 0.29) is 22.4 Å². The Morgan fingerprint density at radius 2 is 1.54 bits per heavy atom. The molecule has 1 heterocycles. The van der Waals surface area contributed by atoms with E-state index in [1.165, 1.54) is 0 Å². The van der Waals surface area contributed by atoms with E-state index in [1.807, 2.05) is 43.4 Å². The van der Waals surface area contributed by atoms with Crippen molar-refractivity contribution in [2.24, 2.45) is 10.8 Å². The molecule has 3 aliphatic rings. The number of halogens is 2. The molecule has 5 nitrogen and oxygen atoms in total. The molecule has 0 bridgehead atoms. The summed E-state index contributed by atoms with van der Waals surface area (Å²) in [5.41, 5.74) is 5.18. The number of ether oxygens (including phenoxy) is 2. The van der Waals surface area contributed by atoms with Crippen LogP contribution in [0.4, 0.5) is 0 Å². The molecule has 2 aromatic rings. The smallest absolute Gasteiger partial charge is 0.174 e. The van der Waals surface area contributed by atoms with Crippen LogP contribution < -0.4 is 9.47 Å². The van der Waals surface area contributed by atoms with Crippen LogP contribution in [0, 0.1) is 14.4 Å². The Labute approximate surface area is 249 Å². The number of hydrogen-bond acceptors (Lipinski definition) is 5. The SMILES string of the molecule is COc1cc(C2C3=C(CC(C)(C)CC3=O)N(C)C3=C2C(=O)CC(C)(C)C3)cc(I)c1OCc1cccc(Cl)c1. The van der Waals surface area contributed by atoms with Crippen molar-refractivity contribution in [1.29, 1.82) is 0 Å². The van der Waals surface area contributed by atoms with Crippen molar-refractivity contribution in [2.75, 3.05) is 14.2 Å². The van der Waals surface area contributed by atoms with E-state index in [9.17, 15) is 9.59 Å². The molecular weight excluding hydrogens is 625 g/mol. The van der Waals surface area contributed by atoms with Crippen molar-refractivity contribution >= 4 is 45.8 Å². The molecule has 0 N–H and O–H groups in total. The van der Waals surface area contributed by atoms with Gasteiger partial charge in [0.15, 0.2) is 23.1 Å². The average Bonchev–Trinajstić information content (AvgIpc) is 2.83. The van der Waals surface area contributed by atoms with Gasteiger partial charge in [-0.25, -0.2) is 0 Å². The second-order valence-electron chi connectivity index (χ2n) is 12.5. The first-order valence-corrected chi connectivity index (χ1v) is 14.8. The molecule has 0 amide bonds. The van der Waals surface area contributed by atoms with Gasteiger partial charge < -0.3 is 14.4 Å². The van der Waals surface area contributed by atoms with Crippen molar-refractivity contribution in [1.82, 2.24) is 4.90 Å². The van der Waals surface area contributed by atoms with Crippen LogP contribution in [0.15, 0.2) is 58.9 Å². The van der Waals surface area contributed by atoms with Gasteiger partial charge >= 0.3 is 0 Å². The molecule has 0 atom stereocenters. The molecule has 0 aromatic heterocycles. The lowest BCUT2D eigenvalue weighted by molar-refractivity contribution is -0.119. The van der Waals surface area contributed by atoms with Crippen LogP contribution in [0.2, 0.25) is 5.02 Å². The Balaban J connectivity index is 1.63. The van der Waals surface area contributed by atoms with Gasteiger partial charge in [0.05, 0.1) is 10.7 Å². The molecule has 0 fully saturated rings. The molecule has 0 saturated heterocycles. The zero-order valence-electron chi connectivity index (χ0n) is 23.4. The van der Waals surface area contributed by atoms with Crippen LogP contribution in [-0.4, -0.2) is 30.6 Å². The number of rotatable bonds is 5. The lowest BCUT2D eigenvalue weighted by Gasteiger charge is -2.48. The van der Waals surface area contributed by atoms with Gasteiger partial charge in [0, 0.05) is 53.4 Å². The molecule has 5 rings (SSSR count). The number of benzene rings is 2. The minimum absolute atomic E-state index is 0.123. The average molecular weight is 660 g/mol. The lowest BCUT2D eigenvalue weighted by Crippen LogP contribution is -2.43. The Morgan fingerprint density at radius 1 is 0.949 bits per heavy atom. The maximum Gasteiger partial charge on any atom is 0.174 e. The maximum atomic E-state index is 13.8. The first kappa shape index (κ1) is 28.2. The van der Waals surface area contributed by atoms with Crippen molar-refractivity contribution in [2.45, 2.75) is 65.9 Å². The zero-order chi connectivity index (χ0) is 28.3. The zero-order valence-corrected chi connectivity index (χ0v) is 26.3. The third-order valence-corrected chi connectivity index (χ3v) is 9.07. The van der Waals surface area contributed by atoms with Crippen LogP contribution in [0.25, 0.3) is 0 Å². The summed E-state index contributed by atoms with van der Waals surface area (Å²) >= 11 is 8.41. The van der Waals surface area contributed by atoms with E-state index in [2.05, 4.69) is 55.2 Å². The predicted octanol–water partition coefficient (Wildman–Crippen LogP) is 7.85. The van der Waals surface area contributed by atoms with E-state index >= 15 is 0 Å². The summed E-state index contributed by atoms with van der Waals surface area (Å²) in [7, 11) is 3.65. The highest BCUT2D eigenvalue weighted by molar-refractivity contribution is 14.1. The molecule has 39 heavy (non-hydrogen) atoms. The van der Waals surface area contributed by atoms with Gasteiger partial charge in [-0.3, -0.25) is 9.59 Å². The van der Waals surface area contributed by atoms with Crippen molar-refractivity contribution in [3.8, 4) is 11.5 Å². The minimum atomic E-state index is -0.414. The standard InChI is InChI=1S/C32H35ClINO4/c1-31(2)13-22-28(24(36)15-31)27(29-23(35(22)5)14-32(3,4)16-25(29)37)19-11-21(34)30(26(12-19)38-6)39-17-18-8-7-9-20(33)10-18/h7-12,27H,13-17H2,1-6H3. The molecule has 0 radical (unpaired) electrons. The Morgan fingerprint density at radius 3 is 2.08 bits per heavy atom. The van der Waals surface area contributed by atoms with Gasteiger partial charge in [-0.1, -0.05) is 51.4 Å². The van der Waals surface area contributed by atoms with Gasteiger partial charge in [0.1, 0.15) is 6.61 Å². The molecule has 206 valence electrons. The molecule has 7 heteroatoms. The number of Topliss-reactive ketones (excluding diaryl/α,β-unsaturated/α-hetero) is 2. The summed E-state index contributed by atoms with van der Waals surface area (Å²) < 4.78 is 12.9. The van der Waals surface area contributed by atoms with Gasteiger partial charge in [0.2, 0.25) is 0 Å². The number of ketones is 2. The van der Waals surface area contributed by atoms with Crippen molar-refractivity contribution < 1.29 is 19.1 Å². The third kappa shape index (κ3) is 5.39. The molecule has 1 aliphatic heterocycles. The second kappa shape index (κ2) is 10.3. The maximum absolute atomic E-state index is 13.8. The summed E-state index contributed by atoms with van der Waals surface area (Å²) in [6.07, 6.45) is 2.52. The number of carbonyl (C=O) groups is 2. The van der Waals surface area contributed by atoms with Crippen molar-refractivity contribution in [3.05, 3.63) is 78.7 Å². The van der Waals surface area contributed by atoms with Crippen LogP contribution in [-0.2, 0) is 16.2 Å². The fourth-order valence-corrected chi connectivity index (χ4v) is 7.32. The number of carbonyl (C=O) groups excluding carboxylic acids is 2. The highest BCUT2D eigenvalue weighted by Crippen LogP contribution is 2.54. The molecule has 2 aromatic carbocycles. The van der Waals surface area contributed by atoms with E-state index in [1.54, 1.807) is 7.11 Å². The van der Waals surface area contributed by atoms with Gasteiger partial charge in [-0.05, 0) is 81.7 Å². The van der Waals surface area contributed by atoms with Gasteiger partial charge in [0.25, 0.3) is 0 Å². The fourth-order valence-electron chi connectivity index (χ4n) is 6.33. The first-order valence-electron chi connectivity index (χ1n) is 13.3. The Kier molecular flexibility index (Phi) is 7.42. The molecule has 2 aliphatic carbocycles. The summed E-state index contributed by atoms with van der Waals surface area (Å²) in [6, 6.07) is 11.6. The summed E-state index contributed by atoms with van der Waals surface area (Å²) in [4.78, 5) is 29.7. The molecule has 0 unspecified atom stereocenters. The fraction of sp³-hybridized carbons (Fsp3) is 0.438. The van der Waals surface area contributed by atoms with Crippen LogP contribution >= 0.6 is 34.2 Å². The van der Waals surface area contributed by atoms with E-state index < -0.39 is 5.92 Å².